The molecule has 1 rings (SSSR count). The Hall–Kier alpha value is -2.31. The van der Waals surface area contributed by atoms with Crippen LogP contribution in [0.25, 0.3) is 10.4 Å². The molecule has 0 fully saturated rings. The van der Waals surface area contributed by atoms with Crippen LogP contribution in [-0.2, 0) is 4.74 Å². The minimum atomic E-state index is -0.793. The third kappa shape index (κ3) is 2.88. The number of benzene rings is 1. The molecule has 1 aromatic rings. The first-order chi connectivity index (χ1) is 8.51. The minimum Gasteiger partial charge on any atom is -0.462 e. The Morgan fingerprint density at radius 3 is 2.83 bits per heavy atom. The third-order valence-corrected chi connectivity index (χ3v) is 2.18. The lowest BCUT2D eigenvalue weighted by molar-refractivity contribution is -0.384. The van der Waals surface area contributed by atoms with Crippen LogP contribution < -0.4 is 0 Å². The maximum absolute atomic E-state index is 11.4. The zero-order valence-corrected chi connectivity index (χ0v) is 9.92. The number of carbonyl (C=O) groups excluding carboxylic acids is 1. The number of esters is 1. The first kappa shape index (κ1) is 13.8. The number of ether oxygens (including phenoxy) is 1. The largest absolute Gasteiger partial charge is 0.462 e. The Morgan fingerprint density at radius 2 is 2.33 bits per heavy atom. The van der Waals surface area contributed by atoms with E-state index < -0.39 is 16.6 Å². The Labute approximate surface area is 106 Å². The van der Waals surface area contributed by atoms with Crippen molar-refractivity contribution in [1.82, 2.24) is 0 Å². The van der Waals surface area contributed by atoms with Crippen LogP contribution in [0.4, 0.5) is 11.4 Å². The van der Waals surface area contributed by atoms with Gasteiger partial charge in [0.2, 0.25) is 0 Å². The van der Waals surface area contributed by atoms with Gasteiger partial charge in [-0.3, -0.25) is 10.1 Å². The standard InChI is InChI=1S/C9H7ClN4O4/c1-2-18-9(15)5-3-6(10)8(12-13-11)7(4-5)14(16)17/h3-4H,2H2,1H3. The smallest absolute Gasteiger partial charge is 0.338 e. The van der Waals surface area contributed by atoms with Gasteiger partial charge in [-0.05, 0) is 18.5 Å². The lowest BCUT2D eigenvalue weighted by Crippen LogP contribution is -2.05. The summed E-state index contributed by atoms with van der Waals surface area (Å²) >= 11 is 5.72. The highest BCUT2D eigenvalue weighted by Gasteiger charge is 2.21. The molecule has 0 saturated carbocycles. The monoisotopic (exact) mass is 270 g/mol. The number of hydrogen-bond donors (Lipinski definition) is 0. The van der Waals surface area contributed by atoms with Crippen LogP contribution in [0.2, 0.25) is 5.02 Å². The average molecular weight is 271 g/mol. The maximum Gasteiger partial charge on any atom is 0.338 e. The molecule has 0 aliphatic rings. The van der Waals surface area contributed by atoms with Gasteiger partial charge in [0.25, 0.3) is 5.69 Å². The second-order valence-electron chi connectivity index (χ2n) is 2.99. The Bertz CT molecular complexity index is 554. The molecule has 0 aliphatic heterocycles. The lowest BCUT2D eigenvalue weighted by atomic mass is 10.1. The maximum atomic E-state index is 11.4. The summed E-state index contributed by atoms with van der Waals surface area (Å²) in [5.74, 6) is -0.741. The SMILES string of the molecule is CCOC(=O)c1cc(Cl)c(N=[N+]=[N-])c([N+](=O)[O-])c1. The van der Waals surface area contributed by atoms with E-state index in [1.54, 1.807) is 6.92 Å². The van der Waals surface area contributed by atoms with Gasteiger partial charge in [0, 0.05) is 11.0 Å². The van der Waals surface area contributed by atoms with Gasteiger partial charge < -0.3 is 4.74 Å². The molecule has 0 saturated heterocycles. The molecular weight excluding hydrogens is 264 g/mol. The molecule has 0 heterocycles. The van der Waals surface area contributed by atoms with Crippen molar-refractivity contribution in [2.75, 3.05) is 6.61 Å². The van der Waals surface area contributed by atoms with Crippen molar-refractivity contribution in [2.24, 2.45) is 5.11 Å². The summed E-state index contributed by atoms with van der Waals surface area (Å²) < 4.78 is 4.69. The minimum absolute atomic E-state index is 0.0783. The third-order valence-electron chi connectivity index (χ3n) is 1.90. The predicted octanol–water partition coefficient (Wildman–Crippen LogP) is 3.37. The van der Waals surface area contributed by atoms with Gasteiger partial charge in [-0.15, -0.1) is 0 Å². The fourth-order valence-corrected chi connectivity index (χ4v) is 1.45. The van der Waals surface area contributed by atoms with Crippen molar-refractivity contribution >= 4 is 28.9 Å². The number of rotatable bonds is 4. The molecule has 0 aromatic heterocycles. The first-order valence-electron chi connectivity index (χ1n) is 4.71. The van der Waals surface area contributed by atoms with Crippen LogP contribution in [0.3, 0.4) is 0 Å². The molecule has 0 N–H and O–H groups in total. The van der Waals surface area contributed by atoms with Gasteiger partial charge in [0.1, 0.15) is 5.69 Å². The van der Waals surface area contributed by atoms with Crippen molar-refractivity contribution in [3.63, 3.8) is 0 Å². The molecule has 0 unspecified atom stereocenters. The molecule has 0 amide bonds. The molecule has 8 nitrogen and oxygen atoms in total. The average Bonchev–Trinajstić information content (AvgIpc) is 2.31. The topological polar surface area (TPSA) is 118 Å². The molecular formula is C9H7ClN4O4. The highest BCUT2D eigenvalue weighted by atomic mass is 35.5. The molecule has 9 heteroatoms. The highest BCUT2D eigenvalue weighted by molar-refractivity contribution is 6.33. The molecule has 18 heavy (non-hydrogen) atoms. The molecule has 0 aliphatic carbocycles. The zero-order chi connectivity index (χ0) is 13.7. The zero-order valence-electron chi connectivity index (χ0n) is 9.16. The van der Waals surface area contributed by atoms with Crippen molar-refractivity contribution in [1.29, 1.82) is 0 Å². The lowest BCUT2D eigenvalue weighted by Gasteiger charge is -2.04. The van der Waals surface area contributed by atoms with E-state index in [0.717, 1.165) is 12.1 Å². The van der Waals surface area contributed by atoms with Gasteiger partial charge in [-0.25, -0.2) is 4.79 Å². The summed E-state index contributed by atoms with van der Waals surface area (Å²) in [5.41, 5.74) is 7.33. The van der Waals surface area contributed by atoms with Crippen LogP contribution in [0.1, 0.15) is 17.3 Å². The van der Waals surface area contributed by atoms with Gasteiger partial charge >= 0.3 is 5.97 Å². The summed E-state index contributed by atoms with van der Waals surface area (Å²) in [6.07, 6.45) is 0. The number of azide groups is 1. The van der Waals surface area contributed by atoms with E-state index in [1.807, 2.05) is 0 Å². The summed E-state index contributed by atoms with van der Waals surface area (Å²) in [6.45, 7) is 1.73. The van der Waals surface area contributed by atoms with Crippen molar-refractivity contribution in [2.45, 2.75) is 6.92 Å². The molecule has 0 bridgehead atoms. The van der Waals surface area contributed by atoms with Gasteiger partial charge in [0.05, 0.1) is 22.1 Å². The fourth-order valence-electron chi connectivity index (χ4n) is 1.20. The summed E-state index contributed by atoms with van der Waals surface area (Å²) in [4.78, 5) is 23.9. The van der Waals surface area contributed by atoms with Crippen molar-refractivity contribution in [3.05, 3.63) is 43.3 Å². The Balaban J connectivity index is 3.40. The van der Waals surface area contributed by atoms with Crippen LogP contribution in [-0.4, -0.2) is 17.5 Å². The Kier molecular flexibility index (Phi) is 4.47. The molecule has 0 radical (unpaired) electrons. The summed E-state index contributed by atoms with van der Waals surface area (Å²) in [6, 6.07) is 2.10. The van der Waals surface area contributed by atoms with E-state index in [4.69, 9.17) is 21.9 Å². The van der Waals surface area contributed by atoms with E-state index >= 15 is 0 Å². The van der Waals surface area contributed by atoms with E-state index in [2.05, 4.69) is 10.0 Å². The molecule has 0 atom stereocenters. The fraction of sp³-hybridized carbons (Fsp3) is 0.222. The van der Waals surface area contributed by atoms with E-state index in [-0.39, 0.29) is 22.9 Å². The number of halogens is 1. The Morgan fingerprint density at radius 1 is 1.67 bits per heavy atom. The number of nitro benzene ring substituents is 1. The van der Waals surface area contributed by atoms with E-state index in [0.29, 0.717) is 0 Å². The van der Waals surface area contributed by atoms with Crippen LogP contribution in [0, 0.1) is 10.1 Å². The van der Waals surface area contributed by atoms with Gasteiger partial charge in [-0.1, -0.05) is 16.7 Å². The van der Waals surface area contributed by atoms with E-state index in [1.165, 1.54) is 0 Å². The first-order valence-corrected chi connectivity index (χ1v) is 5.09. The van der Waals surface area contributed by atoms with Gasteiger partial charge in [0.15, 0.2) is 0 Å². The second kappa shape index (κ2) is 5.85. The molecule has 1 aromatic carbocycles. The van der Waals surface area contributed by atoms with E-state index in [9.17, 15) is 14.9 Å². The predicted molar refractivity (Wildman–Crippen MR) is 62.9 cm³/mol. The van der Waals surface area contributed by atoms with Gasteiger partial charge in [-0.2, -0.15) is 0 Å². The summed E-state index contributed by atoms with van der Waals surface area (Å²) in [5, 5.41) is 13.7. The number of nitrogens with zero attached hydrogens (tertiary/aromatic N) is 4. The van der Waals surface area contributed by atoms with Crippen LogP contribution in [0.5, 0.6) is 0 Å². The highest BCUT2D eigenvalue weighted by Crippen LogP contribution is 2.36. The molecule has 94 valence electrons. The quantitative estimate of drug-likeness (QED) is 0.208. The number of carbonyl (C=O) groups is 1. The van der Waals surface area contributed by atoms with Crippen LogP contribution in [0.15, 0.2) is 17.2 Å². The van der Waals surface area contributed by atoms with Crippen LogP contribution >= 0.6 is 11.6 Å². The number of nitro groups is 1. The second-order valence-corrected chi connectivity index (χ2v) is 3.40. The van der Waals surface area contributed by atoms with Crippen molar-refractivity contribution in [3.8, 4) is 0 Å². The normalized spacial score (nSPS) is 9.44. The van der Waals surface area contributed by atoms with Crippen molar-refractivity contribution < 1.29 is 14.5 Å². The number of hydrogen-bond acceptors (Lipinski definition) is 5. The molecule has 0 spiro atoms. The summed E-state index contributed by atoms with van der Waals surface area (Å²) in [7, 11) is 0.